The summed E-state index contributed by atoms with van der Waals surface area (Å²) in [6.07, 6.45) is 1.02. The minimum Gasteiger partial charge on any atom is -0.351 e. The van der Waals surface area contributed by atoms with Crippen LogP contribution in [0.25, 0.3) is 0 Å². The van der Waals surface area contributed by atoms with Crippen LogP contribution in [0, 0.1) is 0 Å². The van der Waals surface area contributed by atoms with E-state index in [1.807, 2.05) is 0 Å². The van der Waals surface area contributed by atoms with E-state index in [0.717, 1.165) is 11.8 Å². The van der Waals surface area contributed by atoms with Crippen LogP contribution in [0.4, 0.5) is 10.5 Å². The Bertz CT molecular complexity index is 992. The molecule has 0 saturated heterocycles. The van der Waals surface area contributed by atoms with Gasteiger partial charge in [-0.05, 0) is 36.2 Å². The summed E-state index contributed by atoms with van der Waals surface area (Å²) in [5, 5.41) is 7.72. The zero-order chi connectivity index (χ0) is 22.1. The predicted octanol–water partition coefficient (Wildman–Crippen LogP) is 1.03. The Labute approximate surface area is 175 Å². The number of urea groups is 1. The number of carbonyl (C=O) groups excluding carboxylic acids is 3. The van der Waals surface area contributed by atoms with Gasteiger partial charge in [0.05, 0.1) is 5.75 Å². The van der Waals surface area contributed by atoms with Gasteiger partial charge in [-0.25, -0.2) is 13.2 Å². The minimum absolute atomic E-state index is 0.0509. The Kier molecular flexibility index (Phi) is 7.93. The summed E-state index contributed by atoms with van der Waals surface area (Å²) in [5.74, 6) is -1.21. The summed E-state index contributed by atoms with van der Waals surface area (Å²) in [6.45, 7) is 0.159. The van der Waals surface area contributed by atoms with Crippen LogP contribution in [0.1, 0.15) is 22.3 Å². The third-order valence-electron chi connectivity index (χ3n) is 4.12. The minimum atomic E-state index is -3.31. The van der Waals surface area contributed by atoms with Crippen LogP contribution >= 0.6 is 0 Å². The van der Waals surface area contributed by atoms with Gasteiger partial charge in [0.2, 0.25) is 5.91 Å². The van der Waals surface area contributed by atoms with Crippen molar-refractivity contribution >= 4 is 33.4 Å². The normalized spacial score (nSPS) is 11.9. The summed E-state index contributed by atoms with van der Waals surface area (Å²) in [6, 6.07) is 13.3. The van der Waals surface area contributed by atoms with Crippen molar-refractivity contribution in [2.75, 3.05) is 17.3 Å². The van der Waals surface area contributed by atoms with E-state index >= 15 is 0 Å². The van der Waals surface area contributed by atoms with Crippen molar-refractivity contribution in [1.29, 1.82) is 0 Å². The van der Waals surface area contributed by atoms with Crippen molar-refractivity contribution in [1.82, 2.24) is 10.6 Å². The van der Waals surface area contributed by atoms with Crippen molar-refractivity contribution in [2.45, 2.75) is 19.0 Å². The van der Waals surface area contributed by atoms with Crippen LogP contribution in [0.15, 0.2) is 54.6 Å². The van der Waals surface area contributed by atoms with Crippen LogP contribution in [-0.2, 0) is 21.2 Å². The van der Waals surface area contributed by atoms with Gasteiger partial charge in [-0.3, -0.25) is 9.59 Å². The van der Waals surface area contributed by atoms with E-state index in [2.05, 4.69) is 16.0 Å². The first-order chi connectivity index (χ1) is 14.1. The van der Waals surface area contributed by atoms with Crippen LogP contribution in [0.5, 0.6) is 0 Å². The molecule has 0 fully saturated rings. The number of nitrogens with one attached hydrogen (secondary N) is 3. The standard InChI is InChI=1S/C20H24N4O5S/c1-30(28,29)12-11-17(24-18(25)15-5-3-2-4-6-15)19(26)22-13-14-7-9-16(10-8-14)23-20(21)27/h2-10,17H,11-13H2,1H3,(H,22,26)(H,24,25)(H3,21,23,27)/t17-/m0/s1. The average molecular weight is 433 g/mol. The lowest BCUT2D eigenvalue weighted by molar-refractivity contribution is -0.123. The largest absolute Gasteiger partial charge is 0.351 e. The second-order valence-electron chi connectivity index (χ2n) is 6.71. The van der Waals surface area contributed by atoms with Gasteiger partial charge in [-0.15, -0.1) is 0 Å². The molecule has 0 saturated carbocycles. The lowest BCUT2D eigenvalue weighted by Crippen LogP contribution is -2.47. The van der Waals surface area contributed by atoms with Crippen molar-refractivity contribution in [3.63, 3.8) is 0 Å². The van der Waals surface area contributed by atoms with Crippen LogP contribution in [0.3, 0.4) is 0 Å². The molecule has 9 nitrogen and oxygen atoms in total. The summed E-state index contributed by atoms with van der Waals surface area (Å²) in [5.41, 5.74) is 6.68. The van der Waals surface area contributed by atoms with Gasteiger partial charge >= 0.3 is 6.03 Å². The first kappa shape index (κ1) is 22.9. The highest BCUT2D eigenvalue weighted by atomic mass is 32.2. The zero-order valence-electron chi connectivity index (χ0n) is 16.4. The van der Waals surface area contributed by atoms with Crippen molar-refractivity contribution in [3.8, 4) is 0 Å². The Morgan fingerprint density at radius 2 is 1.63 bits per heavy atom. The molecular weight excluding hydrogens is 408 g/mol. The SMILES string of the molecule is CS(=O)(=O)CC[C@H](NC(=O)c1ccccc1)C(=O)NCc1ccc(NC(N)=O)cc1. The molecule has 2 aromatic rings. The molecule has 30 heavy (non-hydrogen) atoms. The van der Waals surface area contributed by atoms with E-state index < -0.39 is 33.7 Å². The summed E-state index contributed by atoms with van der Waals surface area (Å²) in [7, 11) is -3.31. The number of nitrogens with two attached hydrogens (primary N) is 1. The fourth-order valence-electron chi connectivity index (χ4n) is 2.59. The molecule has 0 heterocycles. The fourth-order valence-corrected chi connectivity index (χ4v) is 3.26. The predicted molar refractivity (Wildman–Crippen MR) is 114 cm³/mol. The maximum absolute atomic E-state index is 12.6. The highest BCUT2D eigenvalue weighted by molar-refractivity contribution is 7.90. The Morgan fingerprint density at radius 1 is 1.00 bits per heavy atom. The van der Waals surface area contributed by atoms with Crippen LogP contribution in [0.2, 0.25) is 0 Å². The smallest absolute Gasteiger partial charge is 0.316 e. The molecule has 0 spiro atoms. The maximum Gasteiger partial charge on any atom is 0.316 e. The van der Waals surface area contributed by atoms with Crippen molar-refractivity contribution < 1.29 is 22.8 Å². The van der Waals surface area contributed by atoms with Gasteiger partial charge in [0.1, 0.15) is 15.9 Å². The number of hydrogen-bond donors (Lipinski definition) is 4. The number of benzene rings is 2. The van der Waals surface area contributed by atoms with Crippen LogP contribution in [-0.4, -0.2) is 44.3 Å². The van der Waals surface area contributed by atoms with Crippen LogP contribution < -0.4 is 21.7 Å². The van der Waals surface area contributed by atoms with Crippen molar-refractivity contribution in [2.24, 2.45) is 5.73 Å². The Hall–Kier alpha value is -3.40. The van der Waals surface area contributed by atoms with E-state index in [-0.39, 0.29) is 18.7 Å². The topological polar surface area (TPSA) is 147 Å². The van der Waals surface area contributed by atoms with Crippen molar-refractivity contribution in [3.05, 3.63) is 65.7 Å². The first-order valence-corrected chi connectivity index (χ1v) is 11.2. The van der Waals surface area contributed by atoms with E-state index in [4.69, 9.17) is 5.73 Å². The molecule has 0 aromatic heterocycles. The molecule has 160 valence electrons. The first-order valence-electron chi connectivity index (χ1n) is 9.11. The van der Waals surface area contributed by atoms with Gasteiger partial charge < -0.3 is 21.7 Å². The summed E-state index contributed by atoms with van der Waals surface area (Å²) < 4.78 is 23.0. The maximum atomic E-state index is 12.6. The molecule has 0 aliphatic heterocycles. The molecule has 0 radical (unpaired) electrons. The van der Waals surface area contributed by atoms with Gasteiger partial charge in [-0.1, -0.05) is 30.3 Å². The number of carbonyl (C=O) groups is 3. The number of rotatable bonds is 9. The molecule has 0 unspecified atom stereocenters. The highest BCUT2D eigenvalue weighted by Crippen LogP contribution is 2.09. The Morgan fingerprint density at radius 3 is 2.20 bits per heavy atom. The second kappa shape index (κ2) is 10.4. The van der Waals surface area contributed by atoms with Gasteiger partial charge in [0.25, 0.3) is 5.91 Å². The zero-order valence-corrected chi connectivity index (χ0v) is 17.2. The molecule has 2 aromatic carbocycles. The number of primary amides is 1. The molecule has 0 bridgehead atoms. The summed E-state index contributed by atoms with van der Waals surface area (Å²) in [4.78, 5) is 35.9. The molecule has 10 heteroatoms. The molecule has 0 aliphatic carbocycles. The number of hydrogen-bond acceptors (Lipinski definition) is 5. The third kappa shape index (κ3) is 7.92. The van der Waals surface area contributed by atoms with E-state index in [1.54, 1.807) is 54.6 Å². The molecule has 1 atom stereocenters. The van der Waals surface area contributed by atoms with E-state index in [1.165, 1.54) is 0 Å². The van der Waals surface area contributed by atoms with Gasteiger partial charge in [0, 0.05) is 24.1 Å². The number of amides is 4. The molecule has 2 rings (SSSR count). The van der Waals surface area contributed by atoms with Gasteiger partial charge in [0.15, 0.2) is 0 Å². The highest BCUT2D eigenvalue weighted by Gasteiger charge is 2.22. The fraction of sp³-hybridized carbons (Fsp3) is 0.250. The molecule has 0 aliphatic rings. The average Bonchev–Trinajstić information content (AvgIpc) is 2.69. The number of anilines is 1. The lowest BCUT2D eigenvalue weighted by atomic mass is 10.1. The number of sulfone groups is 1. The molecule has 4 amide bonds. The van der Waals surface area contributed by atoms with E-state index in [0.29, 0.717) is 11.3 Å². The van der Waals surface area contributed by atoms with E-state index in [9.17, 15) is 22.8 Å². The monoisotopic (exact) mass is 432 g/mol. The lowest BCUT2D eigenvalue weighted by Gasteiger charge is -2.18. The molecule has 5 N–H and O–H groups in total. The van der Waals surface area contributed by atoms with Gasteiger partial charge in [-0.2, -0.15) is 0 Å². The third-order valence-corrected chi connectivity index (χ3v) is 5.10. The molecular formula is C20H24N4O5S. The summed E-state index contributed by atoms with van der Waals surface area (Å²) >= 11 is 0. The Balaban J connectivity index is 2.02. The second-order valence-corrected chi connectivity index (χ2v) is 8.97. The quantitative estimate of drug-likeness (QED) is 0.467.